The number of anilines is 1. The van der Waals surface area contributed by atoms with Crippen LogP contribution in [-0.2, 0) is 29.0 Å². The Morgan fingerprint density at radius 2 is 1.84 bits per heavy atom. The SMILES string of the molecule is Cc1cccc(CC(=O)Nc2[nH]nc3sc(CC(=O)NCc4cccc(Cl)c4)cc23)c1. The minimum atomic E-state index is -0.122. The average molecular weight is 453 g/mol. The summed E-state index contributed by atoms with van der Waals surface area (Å²) in [5.41, 5.74) is 3.02. The maximum atomic E-state index is 12.4. The van der Waals surface area contributed by atoms with Crippen molar-refractivity contribution in [3.8, 4) is 0 Å². The highest BCUT2D eigenvalue weighted by atomic mass is 35.5. The molecule has 0 aliphatic heterocycles. The third-order valence-electron chi connectivity index (χ3n) is 4.73. The molecule has 0 saturated carbocycles. The molecular formula is C23H21ClN4O2S. The number of benzene rings is 2. The fraction of sp³-hybridized carbons (Fsp3) is 0.174. The van der Waals surface area contributed by atoms with Gasteiger partial charge in [0.1, 0.15) is 10.6 Å². The summed E-state index contributed by atoms with van der Waals surface area (Å²) in [5, 5.41) is 14.4. The molecule has 2 heterocycles. The summed E-state index contributed by atoms with van der Waals surface area (Å²) >= 11 is 7.40. The number of thiophene rings is 1. The number of carbonyl (C=O) groups is 2. The summed E-state index contributed by atoms with van der Waals surface area (Å²) < 4.78 is 0. The zero-order valence-corrected chi connectivity index (χ0v) is 18.4. The lowest BCUT2D eigenvalue weighted by molar-refractivity contribution is -0.120. The Labute approximate surface area is 188 Å². The van der Waals surface area contributed by atoms with Gasteiger partial charge >= 0.3 is 0 Å². The largest absolute Gasteiger partial charge is 0.352 e. The Balaban J connectivity index is 1.36. The molecule has 3 N–H and O–H groups in total. The standard InChI is InChI=1S/C23H21ClN4O2S/c1-14-4-2-5-15(8-14)10-21(30)26-22-19-11-18(31-23(19)28-27-22)12-20(29)25-13-16-6-3-7-17(24)9-16/h2-9,11H,10,12-13H2,1H3,(H,25,29)(H2,26,27,28,30). The molecule has 2 aromatic carbocycles. The zero-order chi connectivity index (χ0) is 21.8. The maximum Gasteiger partial charge on any atom is 0.229 e. The smallest absolute Gasteiger partial charge is 0.229 e. The van der Waals surface area contributed by atoms with Gasteiger partial charge in [-0.15, -0.1) is 11.3 Å². The Morgan fingerprint density at radius 3 is 2.65 bits per heavy atom. The highest BCUT2D eigenvalue weighted by Gasteiger charge is 2.15. The molecule has 0 unspecified atom stereocenters. The van der Waals surface area contributed by atoms with Gasteiger partial charge in [-0.05, 0) is 36.2 Å². The van der Waals surface area contributed by atoms with Crippen molar-refractivity contribution in [3.63, 3.8) is 0 Å². The van der Waals surface area contributed by atoms with Crippen LogP contribution in [0.25, 0.3) is 10.2 Å². The molecule has 0 aliphatic carbocycles. The summed E-state index contributed by atoms with van der Waals surface area (Å²) in [7, 11) is 0. The fourth-order valence-electron chi connectivity index (χ4n) is 3.30. The molecule has 0 aliphatic rings. The first kappa shape index (κ1) is 21.1. The lowest BCUT2D eigenvalue weighted by Crippen LogP contribution is -2.24. The first-order valence-corrected chi connectivity index (χ1v) is 11.0. The van der Waals surface area contributed by atoms with Gasteiger partial charge in [0.25, 0.3) is 0 Å². The molecule has 158 valence electrons. The molecule has 4 aromatic rings. The van der Waals surface area contributed by atoms with Crippen LogP contribution in [0.3, 0.4) is 0 Å². The number of aryl methyl sites for hydroxylation is 1. The van der Waals surface area contributed by atoms with Gasteiger partial charge in [-0.25, -0.2) is 0 Å². The first-order valence-electron chi connectivity index (χ1n) is 9.79. The Bertz CT molecular complexity index is 1250. The van der Waals surface area contributed by atoms with E-state index in [1.807, 2.05) is 55.5 Å². The number of carbonyl (C=O) groups excluding carboxylic acids is 2. The van der Waals surface area contributed by atoms with E-state index >= 15 is 0 Å². The molecule has 6 nitrogen and oxygen atoms in total. The third kappa shape index (κ3) is 5.51. The lowest BCUT2D eigenvalue weighted by atomic mass is 10.1. The first-order chi connectivity index (χ1) is 15.0. The van der Waals surface area contributed by atoms with E-state index in [1.165, 1.54) is 11.3 Å². The topological polar surface area (TPSA) is 86.9 Å². The summed E-state index contributed by atoms with van der Waals surface area (Å²) in [6.07, 6.45) is 0.531. The second-order valence-corrected chi connectivity index (χ2v) is 8.88. The normalized spacial score (nSPS) is 10.9. The monoisotopic (exact) mass is 452 g/mol. The molecule has 0 radical (unpaired) electrons. The van der Waals surface area contributed by atoms with E-state index in [2.05, 4.69) is 20.8 Å². The molecule has 0 fully saturated rings. The highest BCUT2D eigenvalue weighted by molar-refractivity contribution is 7.18. The van der Waals surface area contributed by atoms with Gasteiger partial charge in [0.2, 0.25) is 11.8 Å². The number of hydrogen-bond donors (Lipinski definition) is 3. The zero-order valence-electron chi connectivity index (χ0n) is 16.9. The van der Waals surface area contributed by atoms with Crippen LogP contribution < -0.4 is 10.6 Å². The predicted molar refractivity (Wildman–Crippen MR) is 124 cm³/mol. The number of H-pyrrole nitrogens is 1. The van der Waals surface area contributed by atoms with E-state index < -0.39 is 0 Å². The summed E-state index contributed by atoms with van der Waals surface area (Å²) in [6, 6.07) is 17.1. The third-order valence-corrected chi connectivity index (χ3v) is 5.99. The number of fused-ring (bicyclic) bond motifs is 1. The van der Waals surface area contributed by atoms with Crippen LogP contribution in [0.1, 0.15) is 21.6 Å². The van der Waals surface area contributed by atoms with Crippen LogP contribution in [0, 0.1) is 6.92 Å². The van der Waals surface area contributed by atoms with Gasteiger partial charge in [0, 0.05) is 16.4 Å². The summed E-state index contributed by atoms with van der Waals surface area (Å²) in [6.45, 7) is 2.42. The van der Waals surface area contributed by atoms with E-state index in [4.69, 9.17) is 11.6 Å². The van der Waals surface area contributed by atoms with Crippen molar-refractivity contribution in [2.24, 2.45) is 0 Å². The van der Waals surface area contributed by atoms with E-state index in [1.54, 1.807) is 6.07 Å². The molecule has 0 saturated heterocycles. The van der Waals surface area contributed by atoms with Crippen LogP contribution in [0.4, 0.5) is 5.82 Å². The Kier molecular flexibility index (Phi) is 6.34. The Hall–Kier alpha value is -3.16. The number of aromatic nitrogens is 2. The molecule has 0 spiro atoms. The second-order valence-electron chi connectivity index (χ2n) is 7.33. The van der Waals surface area contributed by atoms with Crippen molar-refractivity contribution in [1.29, 1.82) is 0 Å². The Morgan fingerprint density at radius 1 is 1.03 bits per heavy atom. The molecule has 0 bridgehead atoms. The van der Waals surface area contributed by atoms with E-state index in [0.717, 1.165) is 31.8 Å². The van der Waals surface area contributed by atoms with E-state index in [9.17, 15) is 9.59 Å². The molecular weight excluding hydrogens is 432 g/mol. The molecule has 31 heavy (non-hydrogen) atoms. The van der Waals surface area contributed by atoms with Crippen molar-refractivity contribution in [2.75, 3.05) is 5.32 Å². The average Bonchev–Trinajstić information content (AvgIpc) is 3.27. The van der Waals surface area contributed by atoms with Crippen molar-refractivity contribution in [2.45, 2.75) is 26.3 Å². The fourth-order valence-corrected chi connectivity index (χ4v) is 4.51. The van der Waals surface area contributed by atoms with Crippen LogP contribution >= 0.6 is 22.9 Å². The summed E-state index contributed by atoms with van der Waals surface area (Å²) in [4.78, 5) is 26.4. The van der Waals surface area contributed by atoms with Crippen LogP contribution in [0.5, 0.6) is 0 Å². The number of rotatable bonds is 7. The molecule has 8 heteroatoms. The van der Waals surface area contributed by atoms with Crippen LogP contribution in [-0.4, -0.2) is 22.0 Å². The van der Waals surface area contributed by atoms with Crippen LogP contribution in [0.2, 0.25) is 5.02 Å². The number of hydrogen-bond acceptors (Lipinski definition) is 4. The predicted octanol–water partition coefficient (Wildman–Crippen LogP) is 4.63. The van der Waals surface area contributed by atoms with Gasteiger partial charge in [-0.1, -0.05) is 53.6 Å². The van der Waals surface area contributed by atoms with Gasteiger partial charge < -0.3 is 10.6 Å². The van der Waals surface area contributed by atoms with Gasteiger partial charge in [0.15, 0.2) is 0 Å². The van der Waals surface area contributed by atoms with Crippen molar-refractivity contribution in [3.05, 3.63) is 81.2 Å². The molecule has 2 amide bonds. The number of aromatic amines is 1. The molecule has 4 rings (SSSR count). The number of nitrogens with zero attached hydrogens (tertiary/aromatic N) is 1. The number of halogens is 1. The van der Waals surface area contributed by atoms with Crippen molar-refractivity contribution < 1.29 is 9.59 Å². The van der Waals surface area contributed by atoms with E-state index in [-0.39, 0.29) is 24.7 Å². The molecule has 2 aromatic heterocycles. The van der Waals surface area contributed by atoms with Crippen LogP contribution in [0.15, 0.2) is 54.6 Å². The van der Waals surface area contributed by atoms with E-state index in [0.29, 0.717) is 17.4 Å². The highest BCUT2D eigenvalue weighted by Crippen LogP contribution is 2.29. The lowest BCUT2D eigenvalue weighted by Gasteiger charge is -2.05. The van der Waals surface area contributed by atoms with Gasteiger partial charge in [0.05, 0.1) is 18.2 Å². The minimum Gasteiger partial charge on any atom is -0.352 e. The van der Waals surface area contributed by atoms with Gasteiger partial charge in [-0.3, -0.25) is 14.7 Å². The maximum absolute atomic E-state index is 12.4. The number of nitrogens with one attached hydrogen (secondary N) is 3. The molecule has 0 atom stereocenters. The quantitative estimate of drug-likeness (QED) is 0.382. The van der Waals surface area contributed by atoms with Gasteiger partial charge in [-0.2, -0.15) is 5.10 Å². The minimum absolute atomic E-state index is 0.0853. The summed E-state index contributed by atoms with van der Waals surface area (Å²) in [5.74, 6) is 0.343. The number of amides is 2. The van der Waals surface area contributed by atoms with Crippen molar-refractivity contribution >= 4 is 50.8 Å². The second kappa shape index (κ2) is 9.32. The van der Waals surface area contributed by atoms with Crippen molar-refractivity contribution in [1.82, 2.24) is 15.5 Å².